The predicted molar refractivity (Wildman–Crippen MR) is 146 cm³/mol. The minimum absolute atomic E-state index is 0.286. The highest BCUT2D eigenvalue weighted by molar-refractivity contribution is 6.02. The van der Waals surface area contributed by atoms with E-state index in [1.807, 2.05) is 13.1 Å². The Bertz CT molecular complexity index is 1500. The molecule has 4 aromatic rings. The fourth-order valence-corrected chi connectivity index (χ4v) is 4.67. The van der Waals surface area contributed by atoms with E-state index < -0.39 is 0 Å². The quantitative estimate of drug-likeness (QED) is 0.299. The van der Waals surface area contributed by atoms with Gasteiger partial charge < -0.3 is 25.2 Å². The van der Waals surface area contributed by atoms with Crippen LogP contribution in [-0.2, 0) is 4.79 Å². The molecule has 1 amide bonds. The Labute approximate surface area is 219 Å². The van der Waals surface area contributed by atoms with E-state index in [2.05, 4.69) is 54.2 Å². The van der Waals surface area contributed by atoms with E-state index >= 15 is 0 Å². The molecule has 196 valence electrons. The Balaban J connectivity index is 1.52. The number of halogens is 1. The summed E-state index contributed by atoms with van der Waals surface area (Å²) >= 11 is 0. The van der Waals surface area contributed by atoms with Gasteiger partial charge in [0.2, 0.25) is 11.9 Å². The first kappa shape index (κ1) is 25.2. The lowest BCUT2D eigenvalue weighted by molar-refractivity contribution is -0.111. The first-order chi connectivity index (χ1) is 18.4. The standard InChI is InChI=1S/C27H29FN8O2/c1-5-24(37)30-19-12-20(23(38-4)13-22(19)36(3)18-9-10-35(2)15-18)31-27-29-14-21-26(32-27)25(34-33-21)16-7-6-8-17(28)11-16/h5-8,11-14,18H,1,9-10,15H2,2-4H3,(H,30,37)(H,33,34)(H,29,31,32). The predicted octanol–water partition coefficient (Wildman–Crippen LogP) is 4.18. The minimum Gasteiger partial charge on any atom is -0.494 e. The molecule has 0 saturated carbocycles. The topological polar surface area (TPSA) is 111 Å². The van der Waals surface area contributed by atoms with Crippen molar-refractivity contribution in [3.63, 3.8) is 0 Å². The normalized spacial score (nSPS) is 15.4. The summed E-state index contributed by atoms with van der Waals surface area (Å²) in [6.07, 6.45) is 3.84. The van der Waals surface area contributed by atoms with E-state index in [0.717, 1.165) is 25.2 Å². The zero-order valence-corrected chi connectivity index (χ0v) is 21.5. The molecule has 10 nitrogen and oxygen atoms in total. The summed E-state index contributed by atoms with van der Waals surface area (Å²) in [5, 5.41) is 13.3. The highest BCUT2D eigenvalue weighted by Gasteiger charge is 2.26. The first-order valence-corrected chi connectivity index (χ1v) is 12.2. The number of rotatable bonds is 8. The van der Waals surface area contributed by atoms with E-state index in [4.69, 9.17) is 4.74 Å². The third-order valence-corrected chi connectivity index (χ3v) is 6.70. The van der Waals surface area contributed by atoms with Gasteiger partial charge in [-0.05, 0) is 44.3 Å². The average Bonchev–Trinajstić information content (AvgIpc) is 3.54. The number of benzene rings is 2. The summed E-state index contributed by atoms with van der Waals surface area (Å²) < 4.78 is 19.5. The lowest BCUT2D eigenvalue weighted by Crippen LogP contribution is -2.34. The Morgan fingerprint density at radius 1 is 1.32 bits per heavy atom. The second-order valence-electron chi connectivity index (χ2n) is 9.24. The van der Waals surface area contributed by atoms with Crippen molar-refractivity contribution in [3.8, 4) is 17.0 Å². The van der Waals surface area contributed by atoms with Gasteiger partial charge in [-0.2, -0.15) is 5.10 Å². The van der Waals surface area contributed by atoms with E-state index in [1.165, 1.54) is 18.2 Å². The van der Waals surface area contributed by atoms with Crippen LogP contribution >= 0.6 is 0 Å². The van der Waals surface area contributed by atoms with E-state index in [1.54, 1.807) is 31.5 Å². The number of anilines is 4. The van der Waals surface area contributed by atoms with Gasteiger partial charge >= 0.3 is 0 Å². The maximum Gasteiger partial charge on any atom is 0.247 e. The van der Waals surface area contributed by atoms with Gasteiger partial charge in [0.05, 0.1) is 30.4 Å². The third kappa shape index (κ3) is 5.00. The SMILES string of the molecule is C=CC(=O)Nc1cc(Nc2ncc3[nH]nc(-c4cccc(F)c4)c3n2)c(OC)cc1N(C)C1CCN(C)C1. The summed E-state index contributed by atoms with van der Waals surface area (Å²) in [5.41, 5.74) is 4.23. The first-order valence-electron chi connectivity index (χ1n) is 12.2. The number of H-pyrrole nitrogens is 1. The molecule has 11 heteroatoms. The molecule has 1 aliphatic heterocycles. The van der Waals surface area contributed by atoms with Crippen LogP contribution in [0, 0.1) is 5.82 Å². The highest BCUT2D eigenvalue weighted by atomic mass is 19.1. The Hall–Kier alpha value is -4.51. The van der Waals surface area contributed by atoms with Crippen molar-refractivity contribution in [3.05, 3.63) is 61.1 Å². The van der Waals surface area contributed by atoms with E-state index in [9.17, 15) is 9.18 Å². The number of carbonyl (C=O) groups is 1. The van der Waals surface area contributed by atoms with Gasteiger partial charge in [-0.25, -0.2) is 14.4 Å². The fourth-order valence-electron chi connectivity index (χ4n) is 4.67. The minimum atomic E-state index is -0.362. The number of carbonyl (C=O) groups excluding carboxylic acids is 1. The number of ether oxygens (including phenoxy) is 1. The number of fused-ring (bicyclic) bond motifs is 1. The van der Waals surface area contributed by atoms with Crippen molar-refractivity contribution >= 4 is 40.0 Å². The van der Waals surface area contributed by atoms with Gasteiger partial charge in [0.15, 0.2) is 0 Å². The molecule has 0 radical (unpaired) electrons. The van der Waals surface area contributed by atoms with Crippen LogP contribution in [0.1, 0.15) is 6.42 Å². The number of aromatic nitrogens is 4. The Kier molecular flexibility index (Phi) is 6.93. The van der Waals surface area contributed by atoms with E-state index in [0.29, 0.717) is 39.4 Å². The molecule has 0 bridgehead atoms. The van der Waals surface area contributed by atoms with Crippen molar-refractivity contribution in [2.75, 3.05) is 49.8 Å². The van der Waals surface area contributed by atoms with Crippen LogP contribution in [0.4, 0.5) is 27.4 Å². The lowest BCUT2D eigenvalue weighted by atomic mass is 10.1. The van der Waals surface area contributed by atoms with Crippen LogP contribution in [-0.4, -0.2) is 71.3 Å². The molecule has 1 unspecified atom stereocenters. The number of likely N-dealkylation sites (N-methyl/N-ethyl adjacent to an activating group) is 2. The molecule has 38 heavy (non-hydrogen) atoms. The van der Waals surface area contributed by atoms with Crippen molar-refractivity contribution < 1.29 is 13.9 Å². The number of hydrogen-bond donors (Lipinski definition) is 3. The number of hydrogen-bond acceptors (Lipinski definition) is 8. The molecule has 2 aromatic carbocycles. The molecule has 1 fully saturated rings. The molecule has 5 rings (SSSR count). The lowest BCUT2D eigenvalue weighted by Gasteiger charge is -2.29. The molecule has 2 aromatic heterocycles. The average molecular weight is 517 g/mol. The maximum atomic E-state index is 13.8. The maximum absolute atomic E-state index is 13.8. The summed E-state index contributed by atoms with van der Waals surface area (Å²) in [6, 6.07) is 10.1. The number of aromatic amines is 1. The highest BCUT2D eigenvalue weighted by Crippen LogP contribution is 2.39. The molecular weight excluding hydrogens is 487 g/mol. The zero-order valence-electron chi connectivity index (χ0n) is 21.5. The summed E-state index contributed by atoms with van der Waals surface area (Å²) in [7, 11) is 5.69. The van der Waals surface area contributed by atoms with Crippen molar-refractivity contribution in [2.24, 2.45) is 0 Å². The molecule has 3 N–H and O–H groups in total. The van der Waals surface area contributed by atoms with Crippen LogP contribution in [0.15, 0.2) is 55.3 Å². The summed E-state index contributed by atoms with van der Waals surface area (Å²) in [6.45, 7) is 5.50. The smallest absolute Gasteiger partial charge is 0.247 e. The number of nitrogens with zero attached hydrogens (tertiary/aromatic N) is 5. The van der Waals surface area contributed by atoms with Gasteiger partial charge in [-0.1, -0.05) is 18.7 Å². The van der Waals surface area contributed by atoms with Crippen LogP contribution < -0.4 is 20.3 Å². The molecule has 3 heterocycles. The van der Waals surface area contributed by atoms with Gasteiger partial charge in [-0.3, -0.25) is 9.89 Å². The van der Waals surface area contributed by atoms with Gasteiger partial charge in [0.25, 0.3) is 0 Å². The second kappa shape index (κ2) is 10.5. The number of amides is 1. The number of methoxy groups -OCH3 is 1. The summed E-state index contributed by atoms with van der Waals surface area (Å²) in [5.74, 6) is 0.153. The Morgan fingerprint density at radius 3 is 2.87 bits per heavy atom. The van der Waals surface area contributed by atoms with E-state index in [-0.39, 0.29) is 23.7 Å². The van der Waals surface area contributed by atoms with Gasteiger partial charge in [0.1, 0.15) is 28.3 Å². The largest absolute Gasteiger partial charge is 0.494 e. The molecule has 1 atom stereocenters. The fraction of sp³-hybridized carbons (Fsp3) is 0.259. The van der Waals surface area contributed by atoms with Crippen LogP contribution in [0.2, 0.25) is 0 Å². The van der Waals surface area contributed by atoms with Crippen LogP contribution in [0.3, 0.4) is 0 Å². The van der Waals surface area contributed by atoms with Crippen molar-refractivity contribution in [1.82, 2.24) is 25.1 Å². The van der Waals surface area contributed by atoms with Crippen molar-refractivity contribution in [1.29, 1.82) is 0 Å². The number of likely N-dealkylation sites (tertiary alicyclic amines) is 1. The molecule has 1 aliphatic rings. The third-order valence-electron chi connectivity index (χ3n) is 6.70. The number of nitrogens with one attached hydrogen (secondary N) is 3. The molecular formula is C27H29FN8O2. The van der Waals surface area contributed by atoms with Gasteiger partial charge in [-0.15, -0.1) is 0 Å². The van der Waals surface area contributed by atoms with Gasteiger partial charge in [0, 0.05) is 31.3 Å². The van der Waals surface area contributed by atoms with Crippen molar-refractivity contribution in [2.45, 2.75) is 12.5 Å². The molecule has 0 spiro atoms. The molecule has 0 aliphatic carbocycles. The zero-order chi connectivity index (χ0) is 26.8. The van der Waals surface area contributed by atoms with Crippen LogP contribution in [0.5, 0.6) is 5.75 Å². The second-order valence-corrected chi connectivity index (χ2v) is 9.24. The molecule has 1 saturated heterocycles. The Morgan fingerprint density at radius 2 is 2.16 bits per heavy atom. The van der Waals surface area contributed by atoms with Crippen LogP contribution in [0.25, 0.3) is 22.3 Å². The monoisotopic (exact) mass is 516 g/mol. The summed E-state index contributed by atoms with van der Waals surface area (Å²) in [4.78, 5) is 25.8.